The van der Waals surface area contributed by atoms with Gasteiger partial charge >= 0.3 is 0 Å². The Balaban J connectivity index is 2.48. The Hall–Kier alpha value is -1.06. The largest absolute Gasteiger partial charge is 0.356 e. The highest BCUT2D eigenvalue weighted by atomic mass is 16.2. The second-order valence-corrected chi connectivity index (χ2v) is 3.23. The van der Waals surface area contributed by atoms with Crippen molar-refractivity contribution in [3.63, 3.8) is 0 Å². The second kappa shape index (κ2) is 4.25. The minimum absolute atomic E-state index is 0.00630. The van der Waals surface area contributed by atoms with Crippen LogP contribution >= 0.6 is 0 Å². The van der Waals surface area contributed by atoms with Gasteiger partial charge in [-0.05, 0) is 13.8 Å². The molecule has 0 aliphatic carbocycles. The number of carbonyl (C=O) groups is 2. The van der Waals surface area contributed by atoms with Crippen molar-refractivity contribution < 1.29 is 9.59 Å². The van der Waals surface area contributed by atoms with E-state index in [0.717, 1.165) is 0 Å². The van der Waals surface area contributed by atoms with Crippen LogP contribution in [0.3, 0.4) is 0 Å². The van der Waals surface area contributed by atoms with Crippen molar-refractivity contribution in [1.82, 2.24) is 10.2 Å². The maximum Gasteiger partial charge on any atom is 0.225 e. The van der Waals surface area contributed by atoms with Gasteiger partial charge in [-0.2, -0.15) is 0 Å². The summed E-state index contributed by atoms with van der Waals surface area (Å²) in [6, 6.07) is 0. The molecule has 0 spiro atoms. The number of nitrogens with zero attached hydrogens (tertiary/aromatic N) is 1. The van der Waals surface area contributed by atoms with E-state index in [4.69, 9.17) is 0 Å². The van der Waals surface area contributed by atoms with Crippen LogP contribution in [0.4, 0.5) is 0 Å². The smallest absolute Gasteiger partial charge is 0.225 e. The average Bonchev–Trinajstić information content (AvgIpc) is 2.47. The van der Waals surface area contributed by atoms with Crippen molar-refractivity contribution in [2.45, 2.75) is 20.3 Å². The maximum atomic E-state index is 11.4. The molecule has 1 aliphatic rings. The Morgan fingerprint density at radius 2 is 2.31 bits per heavy atom. The third-order valence-corrected chi connectivity index (χ3v) is 2.32. The van der Waals surface area contributed by atoms with Crippen molar-refractivity contribution in [3.8, 4) is 0 Å². The van der Waals surface area contributed by atoms with Gasteiger partial charge in [0.05, 0.1) is 5.92 Å². The van der Waals surface area contributed by atoms with E-state index in [1.165, 1.54) is 0 Å². The lowest BCUT2D eigenvalue weighted by Crippen LogP contribution is -2.32. The second-order valence-electron chi connectivity index (χ2n) is 3.23. The fraction of sp³-hybridized carbons (Fsp3) is 0.778. The lowest BCUT2D eigenvalue weighted by atomic mass is 10.1. The monoisotopic (exact) mass is 184 g/mol. The zero-order chi connectivity index (χ0) is 9.84. The predicted molar refractivity (Wildman–Crippen MR) is 49.0 cm³/mol. The van der Waals surface area contributed by atoms with Crippen LogP contribution < -0.4 is 5.32 Å². The number of hydrogen-bond donors (Lipinski definition) is 1. The molecular weight excluding hydrogens is 168 g/mol. The number of hydrogen-bond acceptors (Lipinski definition) is 2. The standard InChI is InChI=1S/C9H16N2O2/c1-3-10-9(13)7-5-8(12)11(4-2)6-7/h7H,3-6H2,1-2H3,(H,10,13)/t7-/m1/s1. The number of rotatable bonds is 3. The Morgan fingerprint density at radius 3 is 2.77 bits per heavy atom. The quantitative estimate of drug-likeness (QED) is 0.670. The van der Waals surface area contributed by atoms with Crippen LogP contribution in [0.1, 0.15) is 20.3 Å². The van der Waals surface area contributed by atoms with Crippen molar-refractivity contribution in [2.24, 2.45) is 5.92 Å². The van der Waals surface area contributed by atoms with E-state index in [-0.39, 0.29) is 17.7 Å². The third-order valence-electron chi connectivity index (χ3n) is 2.32. The van der Waals surface area contributed by atoms with Crippen molar-refractivity contribution in [2.75, 3.05) is 19.6 Å². The van der Waals surface area contributed by atoms with Gasteiger partial charge < -0.3 is 10.2 Å². The molecule has 2 amide bonds. The summed E-state index contributed by atoms with van der Waals surface area (Å²) >= 11 is 0. The SMILES string of the molecule is CCNC(=O)[C@@H]1CC(=O)N(CC)C1. The Morgan fingerprint density at radius 1 is 1.62 bits per heavy atom. The van der Waals surface area contributed by atoms with Crippen LogP contribution in [0.2, 0.25) is 0 Å². The molecule has 4 heteroatoms. The Kier molecular flexibility index (Phi) is 3.28. The van der Waals surface area contributed by atoms with Crippen molar-refractivity contribution >= 4 is 11.8 Å². The molecule has 1 fully saturated rings. The first-order valence-electron chi connectivity index (χ1n) is 4.74. The number of carbonyl (C=O) groups excluding carboxylic acids is 2. The normalized spacial score (nSPS) is 22.2. The molecule has 0 aromatic rings. The summed E-state index contributed by atoms with van der Waals surface area (Å²) in [7, 11) is 0. The topological polar surface area (TPSA) is 49.4 Å². The summed E-state index contributed by atoms with van der Waals surface area (Å²) in [5.41, 5.74) is 0. The third kappa shape index (κ3) is 2.20. The van der Waals surface area contributed by atoms with Gasteiger partial charge in [0.15, 0.2) is 0 Å². The van der Waals surface area contributed by atoms with Gasteiger partial charge in [-0.25, -0.2) is 0 Å². The summed E-state index contributed by atoms with van der Waals surface area (Å²) in [4.78, 5) is 24.4. The van der Waals surface area contributed by atoms with Crippen LogP contribution in [0, 0.1) is 5.92 Å². The van der Waals surface area contributed by atoms with Gasteiger partial charge in [0.1, 0.15) is 0 Å². The van der Waals surface area contributed by atoms with Gasteiger partial charge in [0.2, 0.25) is 11.8 Å². The zero-order valence-corrected chi connectivity index (χ0v) is 8.17. The van der Waals surface area contributed by atoms with Gasteiger partial charge in [-0.3, -0.25) is 9.59 Å². The van der Waals surface area contributed by atoms with Crippen LogP contribution in [0.5, 0.6) is 0 Å². The fourth-order valence-corrected chi connectivity index (χ4v) is 1.57. The van der Waals surface area contributed by atoms with Crippen LogP contribution in [0.15, 0.2) is 0 Å². The molecule has 1 aliphatic heterocycles. The van der Waals surface area contributed by atoms with Gasteiger partial charge in [-0.15, -0.1) is 0 Å². The van der Waals surface area contributed by atoms with Crippen molar-refractivity contribution in [1.29, 1.82) is 0 Å². The molecule has 0 aromatic heterocycles. The number of likely N-dealkylation sites (tertiary alicyclic amines) is 1. The van der Waals surface area contributed by atoms with Crippen LogP contribution in [-0.4, -0.2) is 36.3 Å². The number of amides is 2. The molecule has 0 bridgehead atoms. The highest BCUT2D eigenvalue weighted by Crippen LogP contribution is 2.16. The molecule has 0 unspecified atom stereocenters. The molecule has 1 atom stereocenters. The van der Waals surface area contributed by atoms with E-state index >= 15 is 0 Å². The molecule has 1 rings (SSSR count). The van der Waals surface area contributed by atoms with E-state index in [2.05, 4.69) is 5.32 Å². The van der Waals surface area contributed by atoms with Crippen LogP contribution in [0.25, 0.3) is 0 Å². The molecule has 1 N–H and O–H groups in total. The predicted octanol–water partition coefficient (Wildman–Crippen LogP) is -0.00910. The van der Waals surface area contributed by atoms with Gasteiger partial charge in [0, 0.05) is 26.1 Å². The minimum Gasteiger partial charge on any atom is -0.356 e. The maximum absolute atomic E-state index is 11.4. The lowest BCUT2D eigenvalue weighted by molar-refractivity contribution is -0.128. The molecule has 0 aromatic carbocycles. The summed E-state index contributed by atoms with van der Waals surface area (Å²) < 4.78 is 0. The summed E-state index contributed by atoms with van der Waals surface area (Å²) in [5, 5.41) is 2.73. The highest BCUT2D eigenvalue weighted by molar-refractivity contribution is 5.89. The van der Waals surface area contributed by atoms with Crippen molar-refractivity contribution in [3.05, 3.63) is 0 Å². The molecule has 1 heterocycles. The molecule has 74 valence electrons. The molecule has 4 nitrogen and oxygen atoms in total. The first-order chi connectivity index (χ1) is 6.19. The van der Waals surface area contributed by atoms with Gasteiger partial charge in [-0.1, -0.05) is 0 Å². The van der Waals surface area contributed by atoms with E-state index in [1.54, 1.807) is 4.90 Å². The fourth-order valence-electron chi connectivity index (χ4n) is 1.57. The molecule has 1 saturated heterocycles. The summed E-state index contributed by atoms with van der Waals surface area (Å²) in [5.74, 6) is -0.0297. The molecule has 13 heavy (non-hydrogen) atoms. The highest BCUT2D eigenvalue weighted by Gasteiger charge is 2.32. The van der Waals surface area contributed by atoms with E-state index in [0.29, 0.717) is 26.1 Å². The van der Waals surface area contributed by atoms with E-state index in [9.17, 15) is 9.59 Å². The first-order valence-corrected chi connectivity index (χ1v) is 4.74. The summed E-state index contributed by atoms with van der Waals surface area (Å²) in [6.07, 6.45) is 0.375. The van der Waals surface area contributed by atoms with E-state index in [1.807, 2.05) is 13.8 Å². The molecular formula is C9H16N2O2. The van der Waals surface area contributed by atoms with E-state index < -0.39 is 0 Å². The van der Waals surface area contributed by atoms with Gasteiger partial charge in [0.25, 0.3) is 0 Å². The first kappa shape index (κ1) is 10.0. The van der Waals surface area contributed by atoms with Crippen LogP contribution in [-0.2, 0) is 9.59 Å². The lowest BCUT2D eigenvalue weighted by Gasteiger charge is -2.12. The Bertz CT molecular complexity index is 216. The molecule has 0 saturated carbocycles. The number of nitrogens with one attached hydrogen (secondary N) is 1. The summed E-state index contributed by atoms with van der Waals surface area (Å²) in [6.45, 7) is 5.73. The zero-order valence-electron chi connectivity index (χ0n) is 8.17. The minimum atomic E-state index is -0.132. The molecule has 0 radical (unpaired) electrons. The average molecular weight is 184 g/mol. The Labute approximate surface area is 78.3 Å².